The number of amides is 1. The number of rotatable bonds is 10. The minimum atomic E-state index is -1.19. The third-order valence-electron chi connectivity index (χ3n) is 7.39. The molecule has 1 aliphatic heterocycles. The molecule has 1 atom stereocenters. The van der Waals surface area contributed by atoms with E-state index in [0.29, 0.717) is 19.2 Å². The van der Waals surface area contributed by atoms with Crippen LogP contribution in [0.4, 0.5) is 16.6 Å². The average molecular weight is 554 g/mol. The summed E-state index contributed by atoms with van der Waals surface area (Å²) >= 11 is 1.66. The van der Waals surface area contributed by atoms with Gasteiger partial charge < -0.3 is 15.0 Å². The van der Waals surface area contributed by atoms with Crippen LogP contribution in [-0.4, -0.2) is 71.5 Å². The molecule has 1 unspecified atom stereocenters. The maximum Gasteiger partial charge on any atom is 0.219 e. The third kappa shape index (κ3) is 6.67. The van der Waals surface area contributed by atoms with E-state index in [2.05, 4.69) is 40.1 Å². The zero-order valence-corrected chi connectivity index (χ0v) is 24.8. The van der Waals surface area contributed by atoms with Crippen molar-refractivity contribution in [2.45, 2.75) is 76.7 Å². The van der Waals surface area contributed by atoms with Crippen LogP contribution in [0, 0.1) is 0 Å². The summed E-state index contributed by atoms with van der Waals surface area (Å²) in [5.74, 6) is 1.42. The zero-order chi connectivity index (χ0) is 26.7. The summed E-state index contributed by atoms with van der Waals surface area (Å²) in [7, 11) is -1.19. The molecule has 1 saturated heterocycles. The van der Waals surface area contributed by atoms with E-state index in [1.807, 2.05) is 34.2 Å². The lowest BCUT2D eigenvalue weighted by atomic mass is 10.1. The van der Waals surface area contributed by atoms with Crippen LogP contribution < -0.4 is 10.2 Å². The first-order valence-corrected chi connectivity index (χ1v) is 18.2. The van der Waals surface area contributed by atoms with E-state index >= 15 is 0 Å². The summed E-state index contributed by atoms with van der Waals surface area (Å²) < 4.78 is 6.17. The standard InChI is InChI=1S/C27H39N7O2SSi/c1-19(35)33-12-11-21(17-33)29-22-15-24-23(28-16-22)9-10-25(30-24)34(18-36-13-14-38(2,3)4)27-32-31-26(37-27)20-7-5-6-8-20/h9-10,15-16,20-21,29H,5-8,11-14,17-18H2,1-4H3. The number of anilines is 3. The van der Waals surface area contributed by atoms with Crippen LogP contribution >= 0.6 is 11.3 Å². The molecule has 38 heavy (non-hydrogen) atoms. The van der Waals surface area contributed by atoms with E-state index in [0.717, 1.165) is 58.3 Å². The van der Waals surface area contributed by atoms with Crippen LogP contribution in [-0.2, 0) is 9.53 Å². The second-order valence-electron chi connectivity index (χ2n) is 11.7. The number of fused-ring (bicyclic) bond motifs is 1. The molecule has 204 valence electrons. The predicted octanol–water partition coefficient (Wildman–Crippen LogP) is 5.62. The number of carbonyl (C=O) groups is 1. The lowest BCUT2D eigenvalue weighted by molar-refractivity contribution is -0.127. The number of hydrogen-bond acceptors (Lipinski definition) is 9. The van der Waals surface area contributed by atoms with Crippen molar-refractivity contribution in [2.75, 3.05) is 36.6 Å². The van der Waals surface area contributed by atoms with E-state index in [-0.39, 0.29) is 11.9 Å². The van der Waals surface area contributed by atoms with Crippen molar-refractivity contribution in [2.24, 2.45) is 0 Å². The van der Waals surface area contributed by atoms with E-state index in [4.69, 9.17) is 9.72 Å². The van der Waals surface area contributed by atoms with Gasteiger partial charge in [-0.05, 0) is 43.5 Å². The molecule has 1 aliphatic carbocycles. The van der Waals surface area contributed by atoms with Gasteiger partial charge in [0.2, 0.25) is 11.0 Å². The maximum absolute atomic E-state index is 11.7. The van der Waals surface area contributed by atoms with E-state index in [1.165, 1.54) is 25.7 Å². The number of likely N-dealkylation sites (tertiary alicyclic amines) is 1. The quantitative estimate of drug-likeness (QED) is 0.196. The summed E-state index contributed by atoms with van der Waals surface area (Å²) in [5, 5.41) is 14.6. The molecule has 0 bridgehead atoms. The van der Waals surface area contributed by atoms with Gasteiger partial charge in [-0.25, -0.2) is 4.98 Å². The highest BCUT2D eigenvalue weighted by Gasteiger charge is 2.25. The molecule has 11 heteroatoms. The first-order valence-electron chi connectivity index (χ1n) is 13.7. The van der Waals surface area contributed by atoms with Crippen molar-refractivity contribution in [3.63, 3.8) is 0 Å². The summed E-state index contributed by atoms with van der Waals surface area (Å²) in [6, 6.07) is 7.35. The lowest BCUT2D eigenvalue weighted by Crippen LogP contribution is -2.29. The van der Waals surface area contributed by atoms with Crippen molar-refractivity contribution in [3.8, 4) is 0 Å². The Labute approximate surface area is 230 Å². The van der Waals surface area contributed by atoms with Crippen molar-refractivity contribution < 1.29 is 9.53 Å². The Morgan fingerprint density at radius 2 is 2.00 bits per heavy atom. The largest absolute Gasteiger partial charge is 0.379 e. The second kappa shape index (κ2) is 11.6. The molecule has 2 fully saturated rings. The topological polar surface area (TPSA) is 96.4 Å². The molecular formula is C27H39N7O2SSi. The Bertz CT molecular complexity index is 1260. The van der Waals surface area contributed by atoms with Crippen molar-refractivity contribution >= 4 is 53.0 Å². The number of carbonyl (C=O) groups excluding carboxylic acids is 1. The monoisotopic (exact) mass is 553 g/mol. The van der Waals surface area contributed by atoms with E-state index in [1.54, 1.807) is 18.3 Å². The van der Waals surface area contributed by atoms with Gasteiger partial charge >= 0.3 is 0 Å². The highest BCUT2D eigenvalue weighted by atomic mass is 32.1. The molecule has 5 rings (SSSR count). The number of hydrogen-bond donors (Lipinski definition) is 1. The Morgan fingerprint density at radius 1 is 1.18 bits per heavy atom. The highest BCUT2D eigenvalue weighted by molar-refractivity contribution is 7.15. The molecule has 9 nitrogen and oxygen atoms in total. The lowest BCUT2D eigenvalue weighted by Gasteiger charge is -2.22. The Kier molecular flexibility index (Phi) is 8.25. The average Bonchev–Trinajstić information content (AvgIpc) is 3.65. The molecule has 4 heterocycles. The number of aromatic nitrogens is 4. The molecular weight excluding hydrogens is 514 g/mol. The fourth-order valence-electron chi connectivity index (χ4n) is 5.05. The summed E-state index contributed by atoms with van der Waals surface area (Å²) in [6.45, 7) is 11.3. The van der Waals surface area contributed by atoms with Crippen LogP contribution in [0.2, 0.25) is 25.7 Å². The molecule has 3 aromatic rings. The first-order chi connectivity index (χ1) is 18.2. The third-order valence-corrected chi connectivity index (χ3v) is 10.2. The van der Waals surface area contributed by atoms with Gasteiger partial charge in [0.05, 0.1) is 22.9 Å². The molecule has 0 radical (unpaired) electrons. The SMILES string of the molecule is CC(=O)N1CCC(Nc2cnc3ccc(N(COCC[Si](C)(C)C)c4nnc(C5CCCC5)s4)nc3c2)C1. The number of nitrogens with zero attached hydrogens (tertiary/aromatic N) is 6. The highest BCUT2D eigenvalue weighted by Crippen LogP contribution is 2.38. The van der Waals surface area contributed by atoms with Gasteiger partial charge in [0.1, 0.15) is 17.6 Å². The van der Waals surface area contributed by atoms with Gasteiger partial charge in [0, 0.05) is 46.7 Å². The Hall–Kier alpha value is -2.63. The van der Waals surface area contributed by atoms with Crippen LogP contribution in [0.3, 0.4) is 0 Å². The smallest absolute Gasteiger partial charge is 0.219 e. The van der Waals surface area contributed by atoms with Crippen molar-refractivity contribution in [1.82, 2.24) is 25.1 Å². The van der Waals surface area contributed by atoms with Gasteiger partial charge in [-0.2, -0.15) is 0 Å². The minimum absolute atomic E-state index is 0.122. The maximum atomic E-state index is 11.7. The van der Waals surface area contributed by atoms with E-state index in [9.17, 15) is 4.79 Å². The van der Waals surface area contributed by atoms with Crippen LogP contribution in [0.15, 0.2) is 24.4 Å². The molecule has 0 aromatic carbocycles. The second-order valence-corrected chi connectivity index (χ2v) is 18.3. The summed E-state index contributed by atoms with van der Waals surface area (Å²) in [4.78, 5) is 25.3. The van der Waals surface area contributed by atoms with Crippen LogP contribution in [0.25, 0.3) is 11.0 Å². The van der Waals surface area contributed by atoms with Gasteiger partial charge in [0.25, 0.3) is 0 Å². The molecule has 0 spiro atoms. The first kappa shape index (κ1) is 27.0. The molecule has 1 amide bonds. The normalized spacial score (nSPS) is 18.4. The minimum Gasteiger partial charge on any atom is -0.379 e. The van der Waals surface area contributed by atoms with E-state index < -0.39 is 8.07 Å². The van der Waals surface area contributed by atoms with Crippen molar-refractivity contribution in [3.05, 3.63) is 29.4 Å². The van der Waals surface area contributed by atoms with Gasteiger partial charge in [0.15, 0.2) is 0 Å². The molecule has 1 N–H and O–H groups in total. The summed E-state index contributed by atoms with van der Waals surface area (Å²) in [5.41, 5.74) is 2.55. The van der Waals surface area contributed by atoms with Gasteiger partial charge in [-0.1, -0.05) is 43.8 Å². The number of ether oxygens (including phenoxy) is 1. The molecule has 2 aliphatic rings. The fraction of sp³-hybridized carbons (Fsp3) is 0.593. The summed E-state index contributed by atoms with van der Waals surface area (Å²) in [6.07, 6.45) is 7.70. The number of pyridine rings is 2. The Morgan fingerprint density at radius 3 is 2.74 bits per heavy atom. The van der Waals surface area contributed by atoms with Gasteiger partial charge in [-0.15, -0.1) is 10.2 Å². The van der Waals surface area contributed by atoms with Gasteiger partial charge in [-0.3, -0.25) is 14.7 Å². The molecule has 3 aromatic heterocycles. The predicted molar refractivity (Wildman–Crippen MR) is 156 cm³/mol. The van der Waals surface area contributed by atoms with Crippen LogP contribution in [0.5, 0.6) is 0 Å². The number of nitrogens with one attached hydrogen (secondary N) is 1. The van der Waals surface area contributed by atoms with Crippen LogP contribution in [0.1, 0.15) is 50.0 Å². The Balaban J connectivity index is 1.36. The molecule has 1 saturated carbocycles. The fourth-order valence-corrected chi connectivity index (χ4v) is 6.82. The zero-order valence-electron chi connectivity index (χ0n) is 22.9. The van der Waals surface area contributed by atoms with Crippen molar-refractivity contribution in [1.29, 1.82) is 0 Å².